The number of aryl methyl sites for hydroxylation is 2. The van der Waals surface area contributed by atoms with Crippen LogP contribution in [0.1, 0.15) is 42.4 Å². The summed E-state index contributed by atoms with van der Waals surface area (Å²) in [4.78, 5) is 0. The standard InChI is InChI=1S/C16H21N/c1-11-3-4-12(2)14(7-11)8-13-9-15-5-6-16(10-13)17-15/h3-4,7-8,15-17H,5-6,9-10H2,1-2H3. The van der Waals surface area contributed by atoms with E-state index < -0.39 is 0 Å². The van der Waals surface area contributed by atoms with Crippen LogP contribution in [0.2, 0.25) is 0 Å². The van der Waals surface area contributed by atoms with Gasteiger partial charge in [-0.3, -0.25) is 0 Å². The van der Waals surface area contributed by atoms with Gasteiger partial charge in [-0.05, 0) is 50.7 Å². The van der Waals surface area contributed by atoms with E-state index in [1.807, 2.05) is 0 Å². The zero-order valence-electron chi connectivity index (χ0n) is 10.8. The topological polar surface area (TPSA) is 12.0 Å². The van der Waals surface area contributed by atoms with Crippen molar-refractivity contribution in [1.82, 2.24) is 5.32 Å². The van der Waals surface area contributed by atoms with Crippen molar-refractivity contribution in [2.24, 2.45) is 0 Å². The summed E-state index contributed by atoms with van der Waals surface area (Å²) in [5.74, 6) is 0. The van der Waals surface area contributed by atoms with Gasteiger partial charge in [0.05, 0.1) is 0 Å². The lowest BCUT2D eigenvalue weighted by Crippen LogP contribution is -2.34. The first-order chi connectivity index (χ1) is 8.20. The summed E-state index contributed by atoms with van der Waals surface area (Å²) in [6, 6.07) is 8.25. The number of rotatable bonds is 1. The van der Waals surface area contributed by atoms with Crippen molar-refractivity contribution < 1.29 is 0 Å². The minimum absolute atomic E-state index is 0.755. The molecule has 90 valence electrons. The molecule has 2 heterocycles. The molecule has 17 heavy (non-hydrogen) atoms. The van der Waals surface area contributed by atoms with Gasteiger partial charge in [0.25, 0.3) is 0 Å². The Balaban J connectivity index is 1.87. The normalized spacial score (nSPS) is 27.3. The van der Waals surface area contributed by atoms with E-state index in [0.717, 1.165) is 12.1 Å². The molecule has 1 aromatic rings. The molecule has 1 N–H and O–H groups in total. The molecule has 1 aromatic carbocycles. The van der Waals surface area contributed by atoms with Crippen LogP contribution >= 0.6 is 0 Å². The Labute approximate surface area is 104 Å². The van der Waals surface area contributed by atoms with Crippen molar-refractivity contribution in [3.63, 3.8) is 0 Å². The maximum atomic E-state index is 3.69. The summed E-state index contributed by atoms with van der Waals surface area (Å²) in [6.07, 6.45) is 7.69. The highest BCUT2D eigenvalue weighted by molar-refractivity contribution is 5.58. The van der Waals surface area contributed by atoms with E-state index in [1.165, 1.54) is 42.4 Å². The van der Waals surface area contributed by atoms with E-state index in [0.29, 0.717) is 0 Å². The second-order valence-electron chi connectivity index (χ2n) is 5.71. The lowest BCUT2D eigenvalue weighted by molar-refractivity contribution is 0.476. The maximum absolute atomic E-state index is 3.69. The van der Waals surface area contributed by atoms with Crippen LogP contribution in [-0.2, 0) is 0 Å². The average molecular weight is 227 g/mol. The Morgan fingerprint density at radius 2 is 1.82 bits per heavy atom. The van der Waals surface area contributed by atoms with Gasteiger partial charge >= 0.3 is 0 Å². The van der Waals surface area contributed by atoms with Gasteiger partial charge in [-0.15, -0.1) is 0 Å². The fourth-order valence-corrected chi connectivity index (χ4v) is 3.19. The molecule has 0 amide bonds. The predicted molar refractivity (Wildman–Crippen MR) is 73.1 cm³/mol. The number of nitrogens with one attached hydrogen (secondary N) is 1. The molecule has 2 aliphatic rings. The summed E-state index contributed by atoms with van der Waals surface area (Å²) in [5.41, 5.74) is 5.82. The minimum Gasteiger partial charge on any atom is -0.311 e. The zero-order valence-corrected chi connectivity index (χ0v) is 10.8. The molecule has 2 bridgehead atoms. The van der Waals surface area contributed by atoms with E-state index in [2.05, 4.69) is 43.4 Å². The van der Waals surface area contributed by atoms with Crippen molar-refractivity contribution in [1.29, 1.82) is 0 Å². The van der Waals surface area contributed by atoms with E-state index in [1.54, 1.807) is 5.57 Å². The molecular weight excluding hydrogens is 206 g/mol. The van der Waals surface area contributed by atoms with Gasteiger partial charge in [-0.1, -0.05) is 35.4 Å². The molecule has 3 rings (SSSR count). The Morgan fingerprint density at radius 3 is 2.53 bits per heavy atom. The molecule has 2 unspecified atom stereocenters. The van der Waals surface area contributed by atoms with Gasteiger partial charge in [0.1, 0.15) is 0 Å². The van der Waals surface area contributed by atoms with Gasteiger partial charge in [-0.25, -0.2) is 0 Å². The van der Waals surface area contributed by atoms with E-state index in [-0.39, 0.29) is 0 Å². The van der Waals surface area contributed by atoms with Crippen LogP contribution < -0.4 is 5.32 Å². The molecule has 1 nitrogen and oxygen atoms in total. The summed E-state index contributed by atoms with van der Waals surface area (Å²) in [5, 5.41) is 3.69. The Hall–Kier alpha value is -1.08. The number of hydrogen-bond acceptors (Lipinski definition) is 1. The van der Waals surface area contributed by atoms with Crippen LogP contribution in [0.5, 0.6) is 0 Å². The molecule has 2 saturated heterocycles. The van der Waals surface area contributed by atoms with Crippen molar-refractivity contribution in [2.45, 2.75) is 51.6 Å². The highest BCUT2D eigenvalue weighted by Gasteiger charge is 2.29. The molecule has 1 heteroatoms. The first kappa shape index (κ1) is 11.0. The van der Waals surface area contributed by atoms with Gasteiger partial charge in [0, 0.05) is 12.1 Å². The molecule has 0 spiro atoms. The number of benzene rings is 1. The largest absolute Gasteiger partial charge is 0.311 e. The molecular formula is C16H21N. The summed E-state index contributed by atoms with van der Waals surface area (Å²) < 4.78 is 0. The quantitative estimate of drug-likeness (QED) is 0.773. The highest BCUT2D eigenvalue weighted by Crippen LogP contribution is 2.32. The highest BCUT2D eigenvalue weighted by atomic mass is 15.0. The maximum Gasteiger partial charge on any atom is 0.0108 e. The number of fused-ring (bicyclic) bond motifs is 2. The first-order valence-corrected chi connectivity index (χ1v) is 6.73. The second-order valence-corrected chi connectivity index (χ2v) is 5.71. The smallest absolute Gasteiger partial charge is 0.0108 e. The molecule has 2 atom stereocenters. The molecule has 0 saturated carbocycles. The molecule has 0 radical (unpaired) electrons. The first-order valence-electron chi connectivity index (χ1n) is 6.73. The summed E-state index contributed by atoms with van der Waals surface area (Å²) >= 11 is 0. The molecule has 0 aromatic heterocycles. The number of hydrogen-bond donors (Lipinski definition) is 1. The van der Waals surface area contributed by atoms with Crippen LogP contribution in [0.15, 0.2) is 23.8 Å². The third-order valence-electron chi connectivity index (χ3n) is 4.15. The third kappa shape index (κ3) is 2.30. The van der Waals surface area contributed by atoms with Gasteiger partial charge < -0.3 is 5.32 Å². The summed E-state index contributed by atoms with van der Waals surface area (Å²) in [6.45, 7) is 4.38. The van der Waals surface area contributed by atoms with E-state index in [9.17, 15) is 0 Å². The van der Waals surface area contributed by atoms with Crippen LogP contribution in [0, 0.1) is 13.8 Å². The SMILES string of the molecule is Cc1ccc(C)c(C=C2CC3CCC(C2)N3)c1. The average Bonchev–Trinajstić information content (AvgIpc) is 2.63. The van der Waals surface area contributed by atoms with Crippen LogP contribution in [-0.4, -0.2) is 12.1 Å². The van der Waals surface area contributed by atoms with E-state index in [4.69, 9.17) is 0 Å². The van der Waals surface area contributed by atoms with Gasteiger partial charge in [-0.2, -0.15) is 0 Å². The number of piperidine rings is 1. The zero-order chi connectivity index (χ0) is 11.8. The lowest BCUT2D eigenvalue weighted by Gasteiger charge is -2.23. The molecule has 2 aliphatic heterocycles. The lowest BCUT2D eigenvalue weighted by atomic mass is 9.95. The van der Waals surface area contributed by atoms with E-state index >= 15 is 0 Å². The Bertz CT molecular complexity index is 445. The third-order valence-corrected chi connectivity index (χ3v) is 4.15. The van der Waals surface area contributed by atoms with Crippen molar-refractivity contribution in [3.05, 3.63) is 40.5 Å². The van der Waals surface area contributed by atoms with Crippen LogP contribution in [0.4, 0.5) is 0 Å². The fourth-order valence-electron chi connectivity index (χ4n) is 3.19. The summed E-state index contributed by atoms with van der Waals surface area (Å²) in [7, 11) is 0. The minimum atomic E-state index is 0.755. The molecule has 2 fully saturated rings. The van der Waals surface area contributed by atoms with Crippen LogP contribution in [0.3, 0.4) is 0 Å². The van der Waals surface area contributed by atoms with Gasteiger partial charge in [0.2, 0.25) is 0 Å². The Kier molecular flexibility index (Phi) is 2.79. The van der Waals surface area contributed by atoms with Crippen LogP contribution in [0.25, 0.3) is 6.08 Å². The van der Waals surface area contributed by atoms with Gasteiger partial charge in [0.15, 0.2) is 0 Å². The Morgan fingerprint density at radius 1 is 1.12 bits per heavy atom. The van der Waals surface area contributed by atoms with Crippen molar-refractivity contribution >= 4 is 6.08 Å². The monoisotopic (exact) mass is 227 g/mol. The van der Waals surface area contributed by atoms with Crippen molar-refractivity contribution in [3.8, 4) is 0 Å². The van der Waals surface area contributed by atoms with Crippen molar-refractivity contribution in [2.75, 3.05) is 0 Å². The molecule has 0 aliphatic carbocycles. The predicted octanol–water partition coefficient (Wildman–Crippen LogP) is 3.60. The fraction of sp³-hybridized carbons (Fsp3) is 0.500. The second kappa shape index (κ2) is 4.30.